The summed E-state index contributed by atoms with van der Waals surface area (Å²) in [7, 11) is 1.72. The Morgan fingerprint density at radius 3 is 2.48 bits per heavy atom. The van der Waals surface area contributed by atoms with E-state index in [0.717, 1.165) is 5.69 Å². The highest BCUT2D eigenvalue weighted by Gasteiger charge is 2.35. The summed E-state index contributed by atoms with van der Waals surface area (Å²) in [5.41, 5.74) is 0.436. The molecular weight excluding hydrogens is 320 g/mol. The molecule has 0 bridgehead atoms. The van der Waals surface area contributed by atoms with Gasteiger partial charge in [0.1, 0.15) is 0 Å². The molecule has 1 aromatic carbocycles. The Balaban J connectivity index is 1.89. The molecule has 2 N–H and O–H groups in total. The van der Waals surface area contributed by atoms with E-state index in [2.05, 4.69) is 10.6 Å². The minimum Gasteiger partial charge on any atom is -0.333 e. The van der Waals surface area contributed by atoms with E-state index in [1.165, 1.54) is 0 Å². The maximum atomic E-state index is 12.6. The van der Waals surface area contributed by atoms with Crippen LogP contribution in [0.5, 0.6) is 0 Å². The van der Waals surface area contributed by atoms with Gasteiger partial charge in [0.2, 0.25) is 11.8 Å². The Morgan fingerprint density at radius 2 is 1.88 bits per heavy atom. The number of imide groups is 1. The normalized spacial score (nSPS) is 17.7. The molecule has 1 aromatic rings. The Kier molecular flexibility index (Phi) is 5.79. The molecule has 1 atom stereocenters. The fourth-order valence-electron chi connectivity index (χ4n) is 2.81. The number of hydrogen-bond donors (Lipinski definition) is 2. The molecule has 7 nitrogen and oxygen atoms in total. The van der Waals surface area contributed by atoms with Crippen LogP contribution in [0.1, 0.15) is 27.2 Å². The van der Waals surface area contributed by atoms with Gasteiger partial charge in [-0.15, -0.1) is 0 Å². The second-order valence-electron chi connectivity index (χ2n) is 7.30. The van der Waals surface area contributed by atoms with Crippen molar-refractivity contribution in [3.8, 4) is 0 Å². The molecule has 1 heterocycles. The number of anilines is 1. The predicted molar refractivity (Wildman–Crippen MR) is 96.3 cm³/mol. The van der Waals surface area contributed by atoms with Gasteiger partial charge in [-0.3, -0.25) is 19.8 Å². The number of carbonyl (C=O) groups excluding carboxylic acids is 3. The van der Waals surface area contributed by atoms with Crippen LogP contribution < -0.4 is 15.5 Å². The highest BCUT2D eigenvalue weighted by Crippen LogP contribution is 2.23. The molecule has 0 spiro atoms. The van der Waals surface area contributed by atoms with E-state index >= 15 is 0 Å². The summed E-state index contributed by atoms with van der Waals surface area (Å²) in [6, 6.07) is 8.57. The zero-order valence-electron chi connectivity index (χ0n) is 15.2. The zero-order chi connectivity index (χ0) is 18.6. The molecule has 25 heavy (non-hydrogen) atoms. The molecule has 7 heteroatoms. The summed E-state index contributed by atoms with van der Waals surface area (Å²) in [5.74, 6) is -0.462. The Labute approximate surface area is 148 Å². The smallest absolute Gasteiger partial charge is 0.321 e. The predicted octanol–water partition coefficient (Wildman–Crippen LogP) is 1.35. The number of nitrogens with zero attached hydrogens (tertiary/aromatic N) is 2. The third-order valence-corrected chi connectivity index (χ3v) is 3.91. The van der Waals surface area contributed by atoms with Crippen molar-refractivity contribution in [3.05, 3.63) is 30.3 Å². The van der Waals surface area contributed by atoms with Gasteiger partial charge in [0.25, 0.3) is 0 Å². The number of amides is 4. The molecule has 0 saturated carbocycles. The summed E-state index contributed by atoms with van der Waals surface area (Å²) < 4.78 is 0. The van der Waals surface area contributed by atoms with Gasteiger partial charge < -0.3 is 10.2 Å². The molecule has 1 fully saturated rings. The topological polar surface area (TPSA) is 81.8 Å². The van der Waals surface area contributed by atoms with Crippen molar-refractivity contribution in [2.24, 2.45) is 0 Å². The van der Waals surface area contributed by atoms with Gasteiger partial charge in [-0.05, 0) is 46.4 Å². The second kappa shape index (κ2) is 7.65. The first-order valence-corrected chi connectivity index (χ1v) is 8.36. The maximum absolute atomic E-state index is 12.6. The van der Waals surface area contributed by atoms with Gasteiger partial charge >= 0.3 is 6.03 Å². The van der Waals surface area contributed by atoms with Crippen LogP contribution in [0.4, 0.5) is 10.5 Å². The quantitative estimate of drug-likeness (QED) is 0.862. The lowest BCUT2D eigenvalue weighted by atomic mass is 10.1. The first-order valence-electron chi connectivity index (χ1n) is 8.36. The van der Waals surface area contributed by atoms with Gasteiger partial charge in [0.05, 0.1) is 12.6 Å². The van der Waals surface area contributed by atoms with E-state index in [1.54, 1.807) is 16.8 Å². The van der Waals surface area contributed by atoms with Gasteiger partial charge in [0.15, 0.2) is 0 Å². The van der Waals surface area contributed by atoms with Crippen molar-refractivity contribution >= 4 is 23.5 Å². The monoisotopic (exact) mass is 346 g/mol. The second-order valence-corrected chi connectivity index (χ2v) is 7.30. The van der Waals surface area contributed by atoms with E-state index < -0.39 is 17.5 Å². The molecule has 1 aliphatic rings. The number of likely N-dealkylation sites (N-methyl/N-ethyl adjacent to an activating group) is 1. The molecule has 0 aliphatic carbocycles. The molecule has 2 rings (SSSR count). The molecule has 0 unspecified atom stereocenters. The lowest BCUT2D eigenvalue weighted by Gasteiger charge is -2.24. The molecule has 136 valence electrons. The number of benzene rings is 1. The van der Waals surface area contributed by atoms with Crippen LogP contribution in [0.25, 0.3) is 0 Å². The molecule has 0 radical (unpaired) electrons. The van der Waals surface area contributed by atoms with Crippen LogP contribution in [-0.4, -0.2) is 54.5 Å². The van der Waals surface area contributed by atoms with Crippen LogP contribution in [0, 0.1) is 0 Å². The van der Waals surface area contributed by atoms with Gasteiger partial charge in [-0.2, -0.15) is 0 Å². The summed E-state index contributed by atoms with van der Waals surface area (Å²) in [6.45, 7) is 6.09. The molecule has 4 amide bonds. The average molecular weight is 346 g/mol. The largest absolute Gasteiger partial charge is 0.333 e. The minimum absolute atomic E-state index is 0.0173. The van der Waals surface area contributed by atoms with Crippen LogP contribution >= 0.6 is 0 Å². The summed E-state index contributed by atoms with van der Waals surface area (Å²) in [6.07, 6.45) is 0.645. The number of para-hydroxylation sites is 1. The molecular formula is C18H26N4O3. The fourth-order valence-corrected chi connectivity index (χ4v) is 2.81. The lowest BCUT2D eigenvalue weighted by molar-refractivity contribution is -0.124. The number of rotatable bonds is 4. The van der Waals surface area contributed by atoms with E-state index in [-0.39, 0.29) is 18.5 Å². The average Bonchev–Trinajstić information content (AvgIpc) is 2.87. The molecule has 1 saturated heterocycles. The van der Waals surface area contributed by atoms with Crippen molar-refractivity contribution in [2.75, 3.05) is 25.0 Å². The molecule has 1 aliphatic heterocycles. The van der Waals surface area contributed by atoms with E-state index in [4.69, 9.17) is 0 Å². The fraction of sp³-hybridized carbons (Fsp3) is 0.500. The molecule has 0 aromatic heterocycles. The van der Waals surface area contributed by atoms with E-state index in [1.807, 2.05) is 51.1 Å². The standard InChI is InChI=1S/C18H26N4O3/c1-18(2,3)20-17(25)19-15(23)12-21(4)14-10-11-22(16(14)24)13-8-6-5-7-9-13/h5-9,14H,10-12H2,1-4H3,(H2,19,20,23,25)/t14-/m1/s1. The van der Waals surface area contributed by atoms with E-state index in [9.17, 15) is 14.4 Å². The lowest BCUT2D eigenvalue weighted by Crippen LogP contribution is -2.51. The van der Waals surface area contributed by atoms with E-state index in [0.29, 0.717) is 13.0 Å². The van der Waals surface area contributed by atoms with Crippen LogP contribution in [0.2, 0.25) is 0 Å². The third kappa shape index (κ3) is 5.29. The number of hydrogen-bond acceptors (Lipinski definition) is 4. The summed E-state index contributed by atoms with van der Waals surface area (Å²) in [5, 5.41) is 4.96. The van der Waals surface area contributed by atoms with Crippen molar-refractivity contribution < 1.29 is 14.4 Å². The first-order chi connectivity index (χ1) is 11.7. The van der Waals surface area contributed by atoms with Crippen LogP contribution in [0.15, 0.2) is 30.3 Å². The van der Waals surface area contributed by atoms with Crippen LogP contribution in [0.3, 0.4) is 0 Å². The van der Waals surface area contributed by atoms with Crippen molar-refractivity contribution in [1.82, 2.24) is 15.5 Å². The van der Waals surface area contributed by atoms with Gasteiger partial charge in [-0.1, -0.05) is 18.2 Å². The van der Waals surface area contributed by atoms with Crippen molar-refractivity contribution in [2.45, 2.75) is 38.8 Å². The number of carbonyl (C=O) groups is 3. The Bertz CT molecular complexity index is 639. The third-order valence-electron chi connectivity index (χ3n) is 3.91. The van der Waals surface area contributed by atoms with Crippen molar-refractivity contribution in [1.29, 1.82) is 0 Å². The maximum Gasteiger partial charge on any atom is 0.321 e. The minimum atomic E-state index is -0.533. The zero-order valence-corrected chi connectivity index (χ0v) is 15.2. The summed E-state index contributed by atoms with van der Waals surface area (Å²) in [4.78, 5) is 39.8. The Hall–Kier alpha value is -2.41. The SMILES string of the molecule is CN(CC(=O)NC(=O)NC(C)(C)C)[C@@H]1CCN(c2ccccc2)C1=O. The van der Waals surface area contributed by atoms with Crippen LogP contribution in [-0.2, 0) is 9.59 Å². The Morgan fingerprint density at radius 1 is 1.24 bits per heavy atom. The highest BCUT2D eigenvalue weighted by molar-refractivity contribution is 6.00. The van der Waals surface area contributed by atoms with Crippen molar-refractivity contribution in [3.63, 3.8) is 0 Å². The highest BCUT2D eigenvalue weighted by atomic mass is 16.2. The van der Waals surface area contributed by atoms with Gasteiger partial charge in [0, 0.05) is 17.8 Å². The number of nitrogens with one attached hydrogen (secondary N) is 2. The summed E-state index contributed by atoms with van der Waals surface area (Å²) >= 11 is 0. The first kappa shape index (κ1) is 18.9. The number of urea groups is 1. The van der Waals surface area contributed by atoms with Gasteiger partial charge in [-0.25, -0.2) is 4.79 Å².